The van der Waals surface area contributed by atoms with Crippen LogP contribution in [-0.4, -0.2) is 35.2 Å². The molecule has 2 saturated heterocycles. The number of amides is 3. The maximum Gasteiger partial charge on any atom is 0.291 e. The minimum absolute atomic E-state index is 0.110. The fraction of sp³-hybridized carbons (Fsp3) is 0.550. The Labute approximate surface area is 153 Å². The second-order valence-corrected chi connectivity index (χ2v) is 7.96. The highest BCUT2D eigenvalue weighted by Gasteiger charge is 2.73. The first kappa shape index (κ1) is 17.2. The summed E-state index contributed by atoms with van der Waals surface area (Å²) in [7, 11) is 0. The highest BCUT2D eigenvalue weighted by Crippen LogP contribution is 2.49. The number of benzene rings is 1. The van der Waals surface area contributed by atoms with E-state index in [2.05, 4.69) is 5.32 Å². The molecule has 0 saturated carbocycles. The minimum Gasteiger partial charge on any atom is -0.326 e. The maximum atomic E-state index is 13.2. The Morgan fingerprint density at radius 3 is 2.62 bits per heavy atom. The predicted octanol–water partition coefficient (Wildman–Crippen LogP) is 0.818. The Kier molecular flexibility index (Phi) is 3.74. The van der Waals surface area contributed by atoms with Crippen molar-refractivity contribution in [2.75, 3.05) is 11.9 Å². The molecule has 3 amide bonds. The summed E-state index contributed by atoms with van der Waals surface area (Å²) in [5.41, 5.74) is 2.76. The third-order valence-corrected chi connectivity index (χ3v) is 6.56. The van der Waals surface area contributed by atoms with Gasteiger partial charge in [-0.15, -0.1) is 0 Å². The number of hydrogen-bond donors (Lipinski definition) is 2. The second-order valence-electron chi connectivity index (χ2n) is 7.96. The number of imide groups is 1. The summed E-state index contributed by atoms with van der Waals surface area (Å²) in [5, 5.41) is 4.96. The zero-order valence-electron chi connectivity index (χ0n) is 15.8. The van der Waals surface area contributed by atoms with Gasteiger partial charge in [0, 0.05) is 12.1 Å². The normalized spacial score (nSPS) is 32.4. The largest absolute Gasteiger partial charge is 0.326 e. The number of hydrogen-bond acceptors (Lipinski definition) is 3. The van der Waals surface area contributed by atoms with Crippen molar-refractivity contribution in [1.82, 2.24) is 4.90 Å². The van der Waals surface area contributed by atoms with Gasteiger partial charge in [0.1, 0.15) is 11.8 Å². The van der Waals surface area contributed by atoms with E-state index in [1.54, 1.807) is 0 Å². The van der Waals surface area contributed by atoms with E-state index in [-0.39, 0.29) is 23.8 Å². The molecule has 4 rings (SSSR count). The van der Waals surface area contributed by atoms with Crippen LogP contribution >= 0.6 is 0 Å². The number of anilines is 1. The number of carbonyl (C=O) groups excluding carboxylic acids is 3. The third-order valence-electron chi connectivity index (χ3n) is 6.56. The van der Waals surface area contributed by atoms with Crippen LogP contribution in [0.5, 0.6) is 0 Å². The monoisotopic (exact) mass is 356 g/mol. The summed E-state index contributed by atoms with van der Waals surface area (Å²) >= 11 is 0. The molecule has 138 valence electrons. The van der Waals surface area contributed by atoms with E-state index in [0.717, 1.165) is 35.2 Å². The molecule has 0 radical (unpaired) electrons. The van der Waals surface area contributed by atoms with Gasteiger partial charge in [-0.25, -0.2) is 0 Å². The molecule has 0 bridgehead atoms. The summed E-state index contributed by atoms with van der Waals surface area (Å²) in [6.45, 7) is 8.43. The maximum absolute atomic E-state index is 13.2. The number of nitrogens with zero attached hydrogens (tertiary/aromatic N) is 1. The number of nitrogens with two attached hydrogens (primary N) is 1. The van der Waals surface area contributed by atoms with E-state index in [1.165, 1.54) is 4.90 Å². The van der Waals surface area contributed by atoms with Gasteiger partial charge < -0.3 is 10.6 Å². The van der Waals surface area contributed by atoms with Crippen molar-refractivity contribution in [2.24, 2.45) is 11.8 Å². The third kappa shape index (κ3) is 1.93. The lowest BCUT2D eigenvalue weighted by atomic mass is 9.76. The molecule has 0 aliphatic carbocycles. The van der Waals surface area contributed by atoms with Crippen LogP contribution in [0, 0.1) is 25.7 Å². The number of fused-ring (bicyclic) bond motifs is 4. The van der Waals surface area contributed by atoms with Crippen molar-refractivity contribution in [3.63, 3.8) is 0 Å². The quantitative estimate of drug-likeness (QED) is 0.787. The minimum atomic E-state index is -1.02. The van der Waals surface area contributed by atoms with Gasteiger partial charge in [0.25, 0.3) is 5.91 Å². The van der Waals surface area contributed by atoms with Crippen molar-refractivity contribution in [3.05, 3.63) is 28.8 Å². The van der Waals surface area contributed by atoms with E-state index < -0.39 is 17.4 Å². The summed E-state index contributed by atoms with van der Waals surface area (Å²) in [6.07, 6.45) is 1.71. The van der Waals surface area contributed by atoms with Crippen LogP contribution in [0.2, 0.25) is 0 Å². The molecule has 3 N–H and O–H groups in total. The summed E-state index contributed by atoms with van der Waals surface area (Å²) in [5.74, 6) is -1.52. The smallest absolute Gasteiger partial charge is 0.291 e. The fourth-order valence-electron chi connectivity index (χ4n) is 5.05. The van der Waals surface area contributed by atoms with E-state index in [4.69, 9.17) is 0 Å². The van der Waals surface area contributed by atoms with Crippen molar-refractivity contribution < 1.29 is 19.7 Å². The molecule has 2 fully saturated rings. The molecule has 6 heteroatoms. The average molecular weight is 356 g/mol. The van der Waals surface area contributed by atoms with Gasteiger partial charge in [-0.2, -0.15) is 0 Å². The molecule has 6 nitrogen and oxygen atoms in total. The Morgan fingerprint density at radius 2 is 1.92 bits per heavy atom. The lowest BCUT2D eigenvalue weighted by Gasteiger charge is -2.26. The number of likely N-dealkylation sites (tertiary alicyclic amines) is 1. The Morgan fingerprint density at radius 1 is 1.19 bits per heavy atom. The molecule has 3 aliphatic rings. The van der Waals surface area contributed by atoms with Crippen LogP contribution in [0.4, 0.5) is 5.69 Å². The number of aryl methyl sites for hydroxylation is 1. The first-order valence-electron chi connectivity index (χ1n) is 9.48. The molecule has 1 spiro atoms. The van der Waals surface area contributed by atoms with E-state index in [0.29, 0.717) is 6.54 Å². The van der Waals surface area contributed by atoms with E-state index in [9.17, 15) is 14.4 Å². The van der Waals surface area contributed by atoms with Gasteiger partial charge in [-0.1, -0.05) is 19.4 Å². The Balaban J connectivity index is 1.85. The van der Waals surface area contributed by atoms with Crippen LogP contribution in [-0.2, 0) is 19.9 Å². The molecular weight excluding hydrogens is 330 g/mol. The Hall–Kier alpha value is -2.21. The molecule has 3 heterocycles. The summed E-state index contributed by atoms with van der Waals surface area (Å²) in [6, 6.07) is 3.84. The molecular formula is C20H26N3O3+. The zero-order valence-corrected chi connectivity index (χ0v) is 15.8. The summed E-state index contributed by atoms with van der Waals surface area (Å²) < 4.78 is 0. The molecule has 4 atom stereocenters. The highest BCUT2D eigenvalue weighted by molar-refractivity contribution is 6.14. The number of nitrogens with one attached hydrogen (secondary N) is 1. The van der Waals surface area contributed by atoms with Gasteiger partial charge >= 0.3 is 0 Å². The highest BCUT2D eigenvalue weighted by atomic mass is 16.2. The predicted molar refractivity (Wildman–Crippen MR) is 96.2 cm³/mol. The van der Waals surface area contributed by atoms with E-state index in [1.807, 2.05) is 45.1 Å². The van der Waals surface area contributed by atoms with Crippen molar-refractivity contribution in [1.29, 1.82) is 0 Å². The molecule has 1 aromatic rings. The van der Waals surface area contributed by atoms with Crippen LogP contribution in [0.3, 0.4) is 0 Å². The van der Waals surface area contributed by atoms with Gasteiger partial charge in [-0.3, -0.25) is 19.3 Å². The van der Waals surface area contributed by atoms with Crippen molar-refractivity contribution in [2.45, 2.75) is 52.1 Å². The van der Waals surface area contributed by atoms with Crippen LogP contribution in [0.25, 0.3) is 0 Å². The topological polar surface area (TPSA) is 83.1 Å². The lowest BCUT2D eigenvalue weighted by molar-refractivity contribution is -0.730. The van der Waals surface area contributed by atoms with Crippen molar-refractivity contribution >= 4 is 23.4 Å². The van der Waals surface area contributed by atoms with Gasteiger partial charge in [0.15, 0.2) is 0 Å². The summed E-state index contributed by atoms with van der Waals surface area (Å²) in [4.78, 5) is 40.7. The van der Waals surface area contributed by atoms with Gasteiger partial charge in [-0.05, 0) is 44.4 Å². The van der Waals surface area contributed by atoms with Crippen LogP contribution in [0.15, 0.2) is 12.1 Å². The fourth-order valence-corrected chi connectivity index (χ4v) is 5.05. The molecule has 1 aromatic carbocycles. The first-order chi connectivity index (χ1) is 12.3. The zero-order chi connectivity index (χ0) is 18.8. The number of carbonyl (C=O) groups is 3. The molecule has 26 heavy (non-hydrogen) atoms. The number of quaternary nitrogens is 1. The SMILES string of the molecule is CCCCN1C(=O)[C@H]2[C@@H](C1=O)[C@]1([NH2+][C@@H]2C)C(=O)Nc2c1ccc(C)c2C. The second kappa shape index (κ2) is 5.64. The standard InChI is InChI=1S/C20H25N3O3/c1-5-6-9-23-17(24)14-12(4)22-20(15(14)18(23)25)13-8-7-10(2)11(3)16(13)21-19(20)26/h7-8,12,14-15,22H,5-6,9H2,1-4H3,(H,21,26)/p+1/t12-,14-,15+,20+/m1/s1. The van der Waals surface area contributed by atoms with Gasteiger partial charge in [0.05, 0.1) is 11.7 Å². The van der Waals surface area contributed by atoms with Gasteiger partial charge in [0.2, 0.25) is 17.4 Å². The number of rotatable bonds is 3. The molecule has 3 aliphatic heterocycles. The molecule has 0 aromatic heterocycles. The Bertz CT molecular complexity index is 834. The van der Waals surface area contributed by atoms with Crippen molar-refractivity contribution in [3.8, 4) is 0 Å². The lowest BCUT2D eigenvalue weighted by Crippen LogP contribution is -2.98. The van der Waals surface area contributed by atoms with E-state index >= 15 is 0 Å². The average Bonchev–Trinajstić information content (AvgIpc) is 3.16. The van der Waals surface area contributed by atoms with Crippen LogP contribution in [0.1, 0.15) is 43.4 Å². The first-order valence-corrected chi connectivity index (χ1v) is 9.48. The van der Waals surface area contributed by atoms with Crippen LogP contribution < -0.4 is 10.6 Å². The molecule has 0 unspecified atom stereocenters. The number of unbranched alkanes of at least 4 members (excludes halogenated alkanes) is 1.